The van der Waals surface area contributed by atoms with E-state index in [2.05, 4.69) is 5.32 Å². The Bertz CT molecular complexity index is 774. The summed E-state index contributed by atoms with van der Waals surface area (Å²) >= 11 is 1.59. The molecule has 0 saturated carbocycles. The zero-order valence-corrected chi connectivity index (χ0v) is 12.6. The third kappa shape index (κ3) is 2.82. The summed E-state index contributed by atoms with van der Waals surface area (Å²) in [6.07, 6.45) is 0. The normalized spacial score (nSPS) is 12.8. The van der Waals surface area contributed by atoms with Gasteiger partial charge in [0, 0.05) is 9.58 Å². The molecule has 1 N–H and O–H groups in total. The highest BCUT2D eigenvalue weighted by Gasteiger charge is 2.16. The molecule has 108 valence electrons. The van der Waals surface area contributed by atoms with E-state index in [9.17, 15) is 8.78 Å². The van der Waals surface area contributed by atoms with E-state index < -0.39 is 0 Å². The van der Waals surface area contributed by atoms with Crippen molar-refractivity contribution in [3.8, 4) is 0 Å². The van der Waals surface area contributed by atoms with E-state index in [0.29, 0.717) is 0 Å². The molecule has 0 aliphatic carbocycles. The number of fused-ring (bicyclic) bond motifs is 1. The first-order valence-electron chi connectivity index (χ1n) is 6.70. The molecule has 1 nitrogen and oxygen atoms in total. The van der Waals surface area contributed by atoms with Gasteiger partial charge in [-0.2, -0.15) is 0 Å². The fourth-order valence-corrected chi connectivity index (χ4v) is 3.76. The molecule has 0 radical (unpaired) electrons. The van der Waals surface area contributed by atoms with Crippen molar-refractivity contribution in [3.63, 3.8) is 0 Å². The van der Waals surface area contributed by atoms with Crippen molar-refractivity contribution in [1.29, 1.82) is 0 Å². The van der Waals surface area contributed by atoms with E-state index in [1.165, 1.54) is 18.2 Å². The fourth-order valence-electron chi connectivity index (χ4n) is 2.58. The van der Waals surface area contributed by atoms with Crippen LogP contribution in [0.15, 0.2) is 42.5 Å². The van der Waals surface area contributed by atoms with Gasteiger partial charge in [-0.3, -0.25) is 0 Å². The average Bonchev–Trinajstić information content (AvgIpc) is 2.81. The monoisotopic (exact) mass is 303 g/mol. The van der Waals surface area contributed by atoms with Crippen molar-refractivity contribution in [2.75, 3.05) is 7.05 Å². The van der Waals surface area contributed by atoms with Gasteiger partial charge in [-0.05, 0) is 66.9 Å². The molecule has 1 aromatic heterocycles. The lowest BCUT2D eigenvalue weighted by atomic mass is 10.0. The first kappa shape index (κ1) is 14.2. The molecule has 1 heterocycles. The first-order valence-corrected chi connectivity index (χ1v) is 7.52. The second kappa shape index (κ2) is 5.54. The van der Waals surface area contributed by atoms with Gasteiger partial charge >= 0.3 is 0 Å². The van der Waals surface area contributed by atoms with Crippen molar-refractivity contribution in [2.45, 2.75) is 13.0 Å². The summed E-state index contributed by atoms with van der Waals surface area (Å²) in [6.45, 7) is 1.87. The lowest BCUT2D eigenvalue weighted by molar-refractivity contribution is 0.616. The van der Waals surface area contributed by atoms with Crippen LogP contribution in [-0.4, -0.2) is 7.05 Å². The third-order valence-electron chi connectivity index (χ3n) is 3.47. The Morgan fingerprint density at radius 2 is 1.81 bits per heavy atom. The highest BCUT2D eigenvalue weighted by molar-refractivity contribution is 7.19. The molecule has 0 amide bonds. The minimum Gasteiger partial charge on any atom is -0.309 e. The number of nitrogens with one attached hydrogen (secondary N) is 1. The van der Waals surface area contributed by atoms with Crippen LogP contribution in [0.4, 0.5) is 8.78 Å². The fraction of sp³-hybridized carbons (Fsp3) is 0.176. The van der Waals surface area contributed by atoms with Crippen molar-refractivity contribution >= 4 is 21.4 Å². The number of aryl methyl sites for hydroxylation is 1. The van der Waals surface area contributed by atoms with Crippen molar-refractivity contribution in [3.05, 3.63) is 70.1 Å². The van der Waals surface area contributed by atoms with Gasteiger partial charge in [0.25, 0.3) is 0 Å². The minimum absolute atomic E-state index is 0.0974. The van der Waals surface area contributed by atoms with E-state index in [0.717, 1.165) is 26.1 Å². The van der Waals surface area contributed by atoms with Crippen molar-refractivity contribution < 1.29 is 8.78 Å². The van der Waals surface area contributed by atoms with Crippen LogP contribution < -0.4 is 5.32 Å². The van der Waals surface area contributed by atoms with E-state index in [4.69, 9.17) is 0 Å². The second-order valence-corrected chi connectivity index (χ2v) is 6.23. The number of halogens is 2. The molecule has 21 heavy (non-hydrogen) atoms. The van der Waals surface area contributed by atoms with Crippen LogP contribution in [0.2, 0.25) is 0 Å². The van der Waals surface area contributed by atoms with E-state index in [1.54, 1.807) is 23.5 Å². The Morgan fingerprint density at radius 3 is 2.52 bits per heavy atom. The summed E-state index contributed by atoms with van der Waals surface area (Å²) < 4.78 is 27.9. The molecule has 0 aliphatic heterocycles. The number of thiophene rings is 1. The molecular weight excluding hydrogens is 288 g/mol. The number of hydrogen-bond donors (Lipinski definition) is 1. The standard InChI is InChI=1S/C17H15F2NS/c1-10-5-12(8-14(19)6-10)17(20-2)16-9-11-7-13(18)3-4-15(11)21-16/h3-9,17,20H,1-2H3. The van der Waals surface area contributed by atoms with Crippen molar-refractivity contribution in [2.24, 2.45) is 0 Å². The summed E-state index contributed by atoms with van der Waals surface area (Å²) in [5.74, 6) is -0.480. The van der Waals surface area contributed by atoms with Crippen LogP contribution in [0.3, 0.4) is 0 Å². The predicted molar refractivity (Wildman–Crippen MR) is 83.8 cm³/mol. The lowest BCUT2D eigenvalue weighted by Gasteiger charge is -2.15. The van der Waals surface area contributed by atoms with Crippen LogP contribution in [0.25, 0.3) is 10.1 Å². The summed E-state index contributed by atoms with van der Waals surface area (Å²) in [5.41, 5.74) is 1.76. The van der Waals surface area contributed by atoms with Gasteiger partial charge in [-0.25, -0.2) is 8.78 Å². The zero-order valence-electron chi connectivity index (χ0n) is 11.8. The number of benzene rings is 2. The Kier molecular flexibility index (Phi) is 3.74. The molecule has 4 heteroatoms. The maximum atomic E-state index is 13.6. The molecule has 0 spiro atoms. The second-order valence-electron chi connectivity index (χ2n) is 5.11. The summed E-state index contributed by atoms with van der Waals surface area (Å²) in [7, 11) is 1.84. The summed E-state index contributed by atoms with van der Waals surface area (Å²) in [6, 6.07) is 11.7. The smallest absolute Gasteiger partial charge is 0.123 e. The zero-order chi connectivity index (χ0) is 15.0. The molecular formula is C17H15F2NS. The van der Waals surface area contributed by atoms with Gasteiger partial charge in [-0.1, -0.05) is 6.07 Å². The van der Waals surface area contributed by atoms with Gasteiger partial charge in [0.2, 0.25) is 0 Å². The number of hydrogen-bond acceptors (Lipinski definition) is 2. The molecule has 0 bridgehead atoms. The van der Waals surface area contributed by atoms with Gasteiger partial charge in [0.15, 0.2) is 0 Å². The Balaban J connectivity index is 2.08. The topological polar surface area (TPSA) is 12.0 Å². The molecule has 1 atom stereocenters. The molecule has 0 aliphatic rings. The minimum atomic E-state index is -0.241. The van der Waals surface area contributed by atoms with Gasteiger partial charge in [0.1, 0.15) is 11.6 Å². The van der Waals surface area contributed by atoms with Gasteiger partial charge < -0.3 is 5.32 Å². The van der Waals surface area contributed by atoms with Gasteiger partial charge in [-0.15, -0.1) is 11.3 Å². The first-order chi connectivity index (χ1) is 10.1. The molecule has 1 unspecified atom stereocenters. The summed E-state index contributed by atoms with van der Waals surface area (Å²) in [5, 5.41) is 4.09. The number of rotatable bonds is 3. The molecule has 0 fully saturated rings. The average molecular weight is 303 g/mol. The largest absolute Gasteiger partial charge is 0.309 e. The molecule has 3 aromatic rings. The van der Waals surface area contributed by atoms with Crippen LogP contribution in [0.1, 0.15) is 22.0 Å². The Hall–Kier alpha value is -1.78. The Labute approximate surface area is 126 Å². The third-order valence-corrected chi connectivity index (χ3v) is 4.65. The van der Waals surface area contributed by atoms with Crippen LogP contribution in [-0.2, 0) is 0 Å². The predicted octanol–water partition coefficient (Wildman–Crippen LogP) is 4.80. The molecule has 2 aromatic carbocycles. The van der Waals surface area contributed by atoms with Gasteiger partial charge in [0.05, 0.1) is 6.04 Å². The van der Waals surface area contributed by atoms with Crippen molar-refractivity contribution in [1.82, 2.24) is 5.32 Å². The lowest BCUT2D eigenvalue weighted by Crippen LogP contribution is -2.16. The maximum absolute atomic E-state index is 13.6. The molecule has 3 rings (SSSR count). The summed E-state index contributed by atoms with van der Waals surface area (Å²) in [4.78, 5) is 1.04. The van der Waals surface area contributed by atoms with Crippen LogP contribution in [0.5, 0.6) is 0 Å². The Morgan fingerprint density at radius 1 is 1.00 bits per heavy atom. The van der Waals surface area contributed by atoms with E-state index in [-0.39, 0.29) is 17.7 Å². The van der Waals surface area contributed by atoms with Crippen LogP contribution in [0, 0.1) is 18.6 Å². The van der Waals surface area contributed by atoms with E-state index >= 15 is 0 Å². The molecule has 0 saturated heterocycles. The SMILES string of the molecule is CNC(c1cc(C)cc(F)c1)c1cc2cc(F)ccc2s1. The maximum Gasteiger partial charge on any atom is 0.123 e. The van der Waals surface area contributed by atoms with E-state index in [1.807, 2.05) is 26.1 Å². The van der Waals surface area contributed by atoms with Crippen LogP contribution >= 0.6 is 11.3 Å². The highest BCUT2D eigenvalue weighted by atomic mass is 32.1. The quantitative estimate of drug-likeness (QED) is 0.733. The highest BCUT2D eigenvalue weighted by Crippen LogP contribution is 2.33.